The summed E-state index contributed by atoms with van der Waals surface area (Å²) in [5, 5.41) is 8.67. The predicted molar refractivity (Wildman–Crippen MR) is 96.2 cm³/mol. The second kappa shape index (κ2) is 7.55. The molecule has 0 saturated carbocycles. The molecule has 0 spiro atoms. The highest BCUT2D eigenvalue weighted by atomic mass is 35.5. The first-order valence-electron chi connectivity index (χ1n) is 8.12. The lowest BCUT2D eigenvalue weighted by atomic mass is 10.1. The van der Waals surface area contributed by atoms with E-state index in [9.17, 15) is 4.79 Å². The molecular formula is C17H20Cl2N4O. The number of amides is 1. The van der Waals surface area contributed by atoms with E-state index in [1.165, 1.54) is 0 Å². The van der Waals surface area contributed by atoms with Gasteiger partial charge in [-0.15, -0.1) is 0 Å². The van der Waals surface area contributed by atoms with Gasteiger partial charge in [0.25, 0.3) is 5.91 Å². The summed E-state index contributed by atoms with van der Waals surface area (Å²) in [5.41, 5.74) is 1.27. The molecule has 0 bridgehead atoms. The van der Waals surface area contributed by atoms with E-state index in [0.29, 0.717) is 21.3 Å². The van der Waals surface area contributed by atoms with E-state index >= 15 is 0 Å². The third-order valence-electron chi connectivity index (χ3n) is 4.19. The van der Waals surface area contributed by atoms with Gasteiger partial charge < -0.3 is 10.2 Å². The fourth-order valence-electron chi connectivity index (χ4n) is 2.99. The quantitative estimate of drug-likeness (QED) is 0.881. The highest BCUT2D eigenvalue weighted by Crippen LogP contribution is 2.24. The molecule has 24 heavy (non-hydrogen) atoms. The minimum Gasteiger partial charge on any atom is -0.334 e. The molecule has 1 amide bonds. The lowest BCUT2D eigenvalue weighted by Gasteiger charge is -2.27. The minimum atomic E-state index is 0.0156. The average molecular weight is 367 g/mol. The van der Waals surface area contributed by atoms with Crippen LogP contribution < -0.4 is 5.32 Å². The van der Waals surface area contributed by atoms with Crippen LogP contribution in [-0.2, 0) is 0 Å². The van der Waals surface area contributed by atoms with Gasteiger partial charge >= 0.3 is 0 Å². The Balaban J connectivity index is 1.84. The van der Waals surface area contributed by atoms with Crippen LogP contribution in [0.5, 0.6) is 0 Å². The number of hydrogen-bond acceptors (Lipinski definition) is 3. The van der Waals surface area contributed by atoms with E-state index in [0.717, 1.165) is 32.5 Å². The molecule has 1 aliphatic heterocycles. The molecule has 1 aliphatic rings. The predicted octanol–water partition coefficient (Wildman–Crippen LogP) is 3.39. The minimum absolute atomic E-state index is 0.0156. The zero-order valence-corrected chi connectivity index (χ0v) is 15.0. The number of benzene rings is 1. The second-order valence-corrected chi connectivity index (χ2v) is 6.76. The summed E-state index contributed by atoms with van der Waals surface area (Å²) >= 11 is 12.1. The molecule has 1 saturated heterocycles. The number of aromatic nitrogens is 2. The molecule has 2 heterocycles. The number of nitrogens with one attached hydrogen (secondary N) is 1. The zero-order valence-electron chi connectivity index (χ0n) is 13.5. The van der Waals surface area contributed by atoms with Crippen molar-refractivity contribution in [2.75, 3.05) is 19.6 Å². The van der Waals surface area contributed by atoms with Crippen LogP contribution in [-0.4, -0.2) is 46.3 Å². The van der Waals surface area contributed by atoms with Crippen molar-refractivity contribution in [2.45, 2.75) is 25.8 Å². The molecule has 2 aromatic rings. The highest BCUT2D eigenvalue weighted by Gasteiger charge is 2.27. The lowest BCUT2D eigenvalue weighted by Crippen LogP contribution is -2.42. The molecule has 1 unspecified atom stereocenters. The summed E-state index contributed by atoms with van der Waals surface area (Å²) in [6.45, 7) is 4.64. The zero-order chi connectivity index (χ0) is 17.1. The van der Waals surface area contributed by atoms with Gasteiger partial charge in [0.15, 0.2) is 0 Å². The molecule has 128 valence electrons. The van der Waals surface area contributed by atoms with E-state index in [2.05, 4.69) is 17.3 Å². The Bertz CT molecular complexity index is 725. The third-order valence-corrected chi connectivity index (χ3v) is 4.72. The second-order valence-electron chi connectivity index (χ2n) is 5.91. The van der Waals surface area contributed by atoms with Crippen LogP contribution in [0.4, 0.5) is 0 Å². The number of halogens is 2. The first kappa shape index (κ1) is 17.3. The van der Waals surface area contributed by atoms with E-state index in [-0.39, 0.29) is 11.9 Å². The van der Waals surface area contributed by atoms with Crippen molar-refractivity contribution in [1.82, 2.24) is 20.0 Å². The summed E-state index contributed by atoms with van der Waals surface area (Å²) in [6.07, 6.45) is 5.24. The third kappa shape index (κ3) is 3.58. The summed E-state index contributed by atoms with van der Waals surface area (Å²) in [4.78, 5) is 14.8. The van der Waals surface area contributed by atoms with Crippen molar-refractivity contribution in [3.8, 4) is 5.69 Å². The van der Waals surface area contributed by atoms with Gasteiger partial charge in [-0.05, 0) is 37.6 Å². The molecule has 1 atom stereocenters. The Morgan fingerprint density at radius 3 is 2.96 bits per heavy atom. The standard InChI is InChI=1S/C17H20Cl2N4O/c1-2-7-22(14-5-6-20-10-14)17(24)12-9-21-23(11-12)16-4-3-13(18)8-15(16)19/h3-4,8-9,11,14,20H,2,5-7,10H2,1H3. The number of nitrogens with zero attached hydrogens (tertiary/aromatic N) is 3. The number of carbonyl (C=O) groups is 1. The van der Waals surface area contributed by atoms with E-state index < -0.39 is 0 Å². The van der Waals surface area contributed by atoms with Crippen LogP contribution in [0.2, 0.25) is 10.0 Å². The van der Waals surface area contributed by atoms with Crippen molar-refractivity contribution < 1.29 is 4.79 Å². The van der Waals surface area contributed by atoms with Crippen molar-refractivity contribution in [2.24, 2.45) is 0 Å². The van der Waals surface area contributed by atoms with Crippen molar-refractivity contribution in [3.05, 3.63) is 46.2 Å². The Labute approximate surface area is 151 Å². The summed E-state index contributed by atoms with van der Waals surface area (Å²) in [5.74, 6) is 0.0156. The van der Waals surface area contributed by atoms with Gasteiger partial charge in [0.2, 0.25) is 0 Å². The smallest absolute Gasteiger partial charge is 0.257 e. The maximum atomic E-state index is 12.9. The molecule has 0 aliphatic carbocycles. The average Bonchev–Trinajstić information content (AvgIpc) is 3.23. The molecule has 5 nitrogen and oxygen atoms in total. The van der Waals surface area contributed by atoms with E-state index in [1.54, 1.807) is 35.3 Å². The maximum Gasteiger partial charge on any atom is 0.257 e. The molecule has 1 fully saturated rings. The molecular weight excluding hydrogens is 347 g/mol. The number of carbonyl (C=O) groups excluding carboxylic acids is 1. The lowest BCUT2D eigenvalue weighted by molar-refractivity contribution is 0.0692. The first-order chi connectivity index (χ1) is 11.6. The highest BCUT2D eigenvalue weighted by molar-refractivity contribution is 6.35. The van der Waals surface area contributed by atoms with Gasteiger partial charge in [0, 0.05) is 30.4 Å². The molecule has 0 radical (unpaired) electrons. The Morgan fingerprint density at radius 2 is 2.29 bits per heavy atom. The van der Waals surface area contributed by atoms with Gasteiger partial charge in [-0.25, -0.2) is 4.68 Å². The Hall–Kier alpha value is -1.56. The molecule has 1 aromatic carbocycles. The van der Waals surface area contributed by atoms with Crippen molar-refractivity contribution in [1.29, 1.82) is 0 Å². The fraction of sp³-hybridized carbons (Fsp3) is 0.412. The fourth-order valence-corrected chi connectivity index (χ4v) is 3.49. The van der Waals surface area contributed by atoms with E-state index in [1.807, 2.05) is 4.90 Å². The number of rotatable bonds is 5. The largest absolute Gasteiger partial charge is 0.334 e. The van der Waals surface area contributed by atoms with Gasteiger partial charge in [0.05, 0.1) is 22.5 Å². The first-order valence-corrected chi connectivity index (χ1v) is 8.87. The van der Waals surface area contributed by atoms with E-state index in [4.69, 9.17) is 23.2 Å². The van der Waals surface area contributed by atoms with Gasteiger partial charge in [-0.2, -0.15) is 5.10 Å². The van der Waals surface area contributed by atoms with Crippen LogP contribution in [0.15, 0.2) is 30.6 Å². The van der Waals surface area contributed by atoms with Gasteiger partial charge in [-0.3, -0.25) is 4.79 Å². The summed E-state index contributed by atoms with van der Waals surface area (Å²) < 4.78 is 1.61. The van der Waals surface area contributed by atoms with Crippen LogP contribution in [0.3, 0.4) is 0 Å². The topological polar surface area (TPSA) is 50.2 Å². The normalized spacial score (nSPS) is 17.2. The van der Waals surface area contributed by atoms with Crippen LogP contribution in [0.1, 0.15) is 30.1 Å². The summed E-state index contributed by atoms with van der Waals surface area (Å²) in [7, 11) is 0. The maximum absolute atomic E-state index is 12.9. The SMILES string of the molecule is CCCN(C(=O)c1cnn(-c2ccc(Cl)cc2Cl)c1)C1CCNC1. The molecule has 7 heteroatoms. The van der Waals surface area contributed by atoms with Gasteiger partial charge in [0.1, 0.15) is 0 Å². The molecule has 1 N–H and O–H groups in total. The van der Waals surface area contributed by atoms with Crippen molar-refractivity contribution in [3.63, 3.8) is 0 Å². The van der Waals surface area contributed by atoms with Gasteiger partial charge in [-0.1, -0.05) is 30.1 Å². The van der Waals surface area contributed by atoms with Crippen LogP contribution >= 0.6 is 23.2 Å². The number of hydrogen-bond donors (Lipinski definition) is 1. The van der Waals surface area contributed by atoms with Crippen molar-refractivity contribution >= 4 is 29.1 Å². The Kier molecular flexibility index (Phi) is 5.43. The summed E-state index contributed by atoms with van der Waals surface area (Å²) in [6, 6.07) is 5.45. The van der Waals surface area contributed by atoms with Crippen LogP contribution in [0.25, 0.3) is 5.69 Å². The van der Waals surface area contributed by atoms with Crippen LogP contribution in [0, 0.1) is 0 Å². The molecule has 1 aromatic heterocycles. The Morgan fingerprint density at radius 1 is 1.46 bits per heavy atom. The monoisotopic (exact) mass is 366 g/mol. The molecule has 3 rings (SSSR count).